The number of hydrogen-bond donors (Lipinski definition) is 2. The van der Waals surface area contributed by atoms with Crippen molar-refractivity contribution in [2.75, 3.05) is 25.9 Å². The van der Waals surface area contributed by atoms with E-state index < -0.39 is 0 Å². The molecule has 3 N–H and O–H groups in total. The summed E-state index contributed by atoms with van der Waals surface area (Å²) < 4.78 is 1.73. The molecule has 0 aliphatic rings. The highest BCUT2D eigenvalue weighted by molar-refractivity contribution is 5.93. The first-order valence-electron chi connectivity index (χ1n) is 5.82. The summed E-state index contributed by atoms with van der Waals surface area (Å²) in [4.78, 5) is 14.0. The van der Waals surface area contributed by atoms with E-state index in [1.807, 2.05) is 14.1 Å². The Labute approximate surface area is 103 Å². The van der Waals surface area contributed by atoms with Gasteiger partial charge in [0, 0.05) is 32.4 Å². The number of nitrogens with zero attached hydrogens (tertiary/aromatic N) is 2. The average Bonchev–Trinajstić information content (AvgIpc) is 2.57. The van der Waals surface area contributed by atoms with E-state index >= 15 is 0 Å². The van der Waals surface area contributed by atoms with E-state index in [1.165, 1.54) is 0 Å². The Morgan fingerprint density at radius 1 is 1.59 bits per heavy atom. The predicted molar refractivity (Wildman–Crippen MR) is 69.9 cm³/mol. The third kappa shape index (κ3) is 3.78. The zero-order valence-electron chi connectivity index (χ0n) is 11.0. The molecule has 0 aliphatic carbocycles. The Bertz CT molecular complexity index is 384. The molecule has 96 valence electrons. The number of carbonyl (C=O) groups excluding carboxylic acids is 1. The highest BCUT2D eigenvalue weighted by atomic mass is 16.1. The van der Waals surface area contributed by atoms with Gasteiger partial charge in [-0.2, -0.15) is 0 Å². The van der Waals surface area contributed by atoms with Crippen molar-refractivity contribution >= 4 is 11.6 Å². The van der Waals surface area contributed by atoms with Crippen molar-refractivity contribution in [2.24, 2.45) is 7.05 Å². The number of aromatic nitrogens is 1. The minimum absolute atomic E-state index is 0.0821. The number of aryl methyl sites for hydroxylation is 1. The Kier molecular flexibility index (Phi) is 4.57. The SMILES string of the molecule is CC(C)N(C)CCNC(=O)c1cc(N)cn1C. The molecule has 0 unspecified atom stereocenters. The molecule has 0 aromatic carbocycles. The van der Waals surface area contributed by atoms with Crippen LogP contribution in [0, 0.1) is 0 Å². The summed E-state index contributed by atoms with van der Waals surface area (Å²) in [5.41, 5.74) is 6.83. The molecule has 17 heavy (non-hydrogen) atoms. The van der Waals surface area contributed by atoms with Gasteiger partial charge in [-0.15, -0.1) is 0 Å². The van der Waals surface area contributed by atoms with E-state index in [-0.39, 0.29) is 5.91 Å². The molecular formula is C12H22N4O. The summed E-state index contributed by atoms with van der Waals surface area (Å²) in [6.07, 6.45) is 1.73. The zero-order valence-corrected chi connectivity index (χ0v) is 11.0. The Morgan fingerprint density at radius 3 is 2.71 bits per heavy atom. The molecule has 0 bridgehead atoms. The number of amides is 1. The number of nitrogens with one attached hydrogen (secondary N) is 1. The zero-order chi connectivity index (χ0) is 13.0. The number of hydrogen-bond acceptors (Lipinski definition) is 3. The van der Waals surface area contributed by atoms with Crippen LogP contribution < -0.4 is 11.1 Å². The molecule has 5 heteroatoms. The third-order valence-electron chi connectivity index (χ3n) is 2.89. The average molecular weight is 238 g/mol. The molecule has 0 saturated carbocycles. The van der Waals surface area contributed by atoms with Crippen LogP contribution in [0.25, 0.3) is 0 Å². The van der Waals surface area contributed by atoms with Gasteiger partial charge < -0.3 is 20.5 Å². The Balaban J connectivity index is 2.43. The van der Waals surface area contributed by atoms with Gasteiger partial charge in [-0.1, -0.05) is 0 Å². The lowest BCUT2D eigenvalue weighted by atomic mass is 10.3. The van der Waals surface area contributed by atoms with Gasteiger partial charge in [-0.3, -0.25) is 4.79 Å². The fraction of sp³-hybridized carbons (Fsp3) is 0.583. The Hall–Kier alpha value is -1.49. The first-order valence-corrected chi connectivity index (χ1v) is 5.82. The van der Waals surface area contributed by atoms with Crippen LogP contribution in [0.5, 0.6) is 0 Å². The molecule has 1 heterocycles. The molecule has 0 fully saturated rings. The lowest BCUT2D eigenvalue weighted by Crippen LogP contribution is -2.36. The van der Waals surface area contributed by atoms with Crippen LogP contribution in [-0.4, -0.2) is 41.6 Å². The number of likely N-dealkylation sites (N-methyl/N-ethyl adjacent to an activating group) is 1. The monoisotopic (exact) mass is 238 g/mol. The highest BCUT2D eigenvalue weighted by Gasteiger charge is 2.10. The number of nitrogen functional groups attached to an aromatic ring is 1. The van der Waals surface area contributed by atoms with E-state index in [2.05, 4.69) is 24.1 Å². The van der Waals surface area contributed by atoms with Crippen molar-refractivity contribution in [3.63, 3.8) is 0 Å². The van der Waals surface area contributed by atoms with E-state index in [4.69, 9.17) is 5.73 Å². The Morgan fingerprint density at radius 2 is 2.24 bits per heavy atom. The van der Waals surface area contributed by atoms with E-state index in [0.717, 1.165) is 6.54 Å². The summed E-state index contributed by atoms with van der Waals surface area (Å²) in [6.45, 7) is 5.72. The fourth-order valence-electron chi connectivity index (χ4n) is 1.51. The maximum absolute atomic E-state index is 11.8. The fourth-order valence-corrected chi connectivity index (χ4v) is 1.51. The summed E-state index contributed by atoms with van der Waals surface area (Å²) >= 11 is 0. The lowest BCUT2D eigenvalue weighted by molar-refractivity contribution is 0.0940. The summed E-state index contributed by atoms with van der Waals surface area (Å²) in [6, 6.07) is 2.17. The van der Waals surface area contributed by atoms with Crippen molar-refractivity contribution < 1.29 is 4.79 Å². The second kappa shape index (κ2) is 5.72. The highest BCUT2D eigenvalue weighted by Crippen LogP contribution is 2.08. The molecule has 0 spiro atoms. The summed E-state index contributed by atoms with van der Waals surface area (Å²) in [7, 11) is 3.85. The van der Waals surface area contributed by atoms with Crippen LogP contribution in [0.3, 0.4) is 0 Å². The van der Waals surface area contributed by atoms with Gasteiger partial charge in [-0.25, -0.2) is 0 Å². The van der Waals surface area contributed by atoms with Crippen LogP contribution in [-0.2, 0) is 7.05 Å². The first kappa shape index (κ1) is 13.6. The molecule has 0 aliphatic heterocycles. The minimum atomic E-state index is -0.0821. The third-order valence-corrected chi connectivity index (χ3v) is 2.89. The van der Waals surface area contributed by atoms with Gasteiger partial charge in [0.05, 0.1) is 5.69 Å². The molecule has 0 radical (unpaired) electrons. The lowest BCUT2D eigenvalue weighted by Gasteiger charge is -2.20. The summed E-state index contributed by atoms with van der Waals surface area (Å²) in [5, 5.41) is 2.88. The predicted octanol–water partition coefficient (Wildman–Crippen LogP) is 0.677. The van der Waals surface area contributed by atoms with Crippen LogP contribution in [0.4, 0.5) is 5.69 Å². The van der Waals surface area contributed by atoms with Crippen LogP contribution in [0.2, 0.25) is 0 Å². The van der Waals surface area contributed by atoms with Crippen LogP contribution >= 0.6 is 0 Å². The molecule has 1 aromatic heterocycles. The number of anilines is 1. The molecule has 5 nitrogen and oxygen atoms in total. The molecule has 0 atom stereocenters. The van der Waals surface area contributed by atoms with Crippen molar-refractivity contribution in [2.45, 2.75) is 19.9 Å². The van der Waals surface area contributed by atoms with Gasteiger partial charge in [0.25, 0.3) is 5.91 Å². The van der Waals surface area contributed by atoms with Crippen LogP contribution in [0.15, 0.2) is 12.3 Å². The summed E-state index contributed by atoms with van der Waals surface area (Å²) in [5.74, 6) is -0.0821. The van der Waals surface area contributed by atoms with E-state index in [9.17, 15) is 4.79 Å². The normalized spacial score (nSPS) is 11.2. The number of nitrogens with two attached hydrogens (primary N) is 1. The van der Waals surface area contributed by atoms with Crippen molar-refractivity contribution in [3.05, 3.63) is 18.0 Å². The van der Waals surface area contributed by atoms with E-state index in [0.29, 0.717) is 24.0 Å². The molecular weight excluding hydrogens is 216 g/mol. The van der Waals surface area contributed by atoms with Gasteiger partial charge in [0.15, 0.2) is 0 Å². The quantitative estimate of drug-likeness (QED) is 0.793. The second-order valence-electron chi connectivity index (χ2n) is 4.60. The van der Waals surface area contributed by atoms with Gasteiger partial charge in [0.1, 0.15) is 5.69 Å². The largest absolute Gasteiger partial charge is 0.397 e. The van der Waals surface area contributed by atoms with Gasteiger partial charge >= 0.3 is 0 Å². The molecule has 0 saturated heterocycles. The van der Waals surface area contributed by atoms with Crippen molar-refractivity contribution in [1.29, 1.82) is 0 Å². The minimum Gasteiger partial charge on any atom is -0.397 e. The standard InChI is InChI=1S/C12H22N4O/c1-9(2)15(3)6-5-14-12(17)11-7-10(13)8-16(11)4/h7-9H,5-6,13H2,1-4H3,(H,14,17). The maximum atomic E-state index is 11.8. The van der Waals surface area contributed by atoms with E-state index in [1.54, 1.807) is 16.8 Å². The van der Waals surface area contributed by atoms with Crippen LogP contribution in [0.1, 0.15) is 24.3 Å². The number of carbonyl (C=O) groups is 1. The van der Waals surface area contributed by atoms with Crippen molar-refractivity contribution in [1.82, 2.24) is 14.8 Å². The second-order valence-corrected chi connectivity index (χ2v) is 4.60. The molecule has 1 aromatic rings. The van der Waals surface area contributed by atoms with Gasteiger partial charge in [0.2, 0.25) is 0 Å². The topological polar surface area (TPSA) is 63.3 Å². The maximum Gasteiger partial charge on any atom is 0.268 e. The van der Waals surface area contributed by atoms with Crippen molar-refractivity contribution in [3.8, 4) is 0 Å². The first-order chi connectivity index (χ1) is 7.91. The smallest absolute Gasteiger partial charge is 0.268 e. The molecule has 1 rings (SSSR count). The molecule has 1 amide bonds. The number of rotatable bonds is 5. The van der Waals surface area contributed by atoms with Gasteiger partial charge in [-0.05, 0) is 27.0 Å².